The Labute approximate surface area is 225 Å². The number of allylic oxidation sites excluding steroid dienone is 2. The minimum absolute atomic E-state index is 0.161. The second-order valence-electron chi connectivity index (χ2n) is 12.2. The lowest BCUT2D eigenvalue weighted by Crippen LogP contribution is -2.24. The van der Waals surface area contributed by atoms with Crippen molar-refractivity contribution in [2.75, 3.05) is 0 Å². The summed E-state index contributed by atoms with van der Waals surface area (Å²) in [5.41, 5.74) is 2.45. The van der Waals surface area contributed by atoms with Gasteiger partial charge in [0.05, 0.1) is 0 Å². The number of rotatable bonds is 7. The second kappa shape index (κ2) is 12.4. The molecule has 0 radical (unpaired) electrons. The second-order valence-corrected chi connectivity index (χ2v) is 12.2. The van der Waals surface area contributed by atoms with E-state index in [2.05, 4.69) is 6.08 Å². The topological polar surface area (TPSA) is 0 Å². The monoisotopic (exact) mass is 526 g/mol. The largest absolute Gasteiger partial charge is 0.204 e. The molecule has 206 valence electrons. The Balaban J connectivity index is 1.04. The Morgan fingerprint density at radius 1 is 0.684 bits per heavy atom. The van der Waals surface area contributed by atoms with Crippen molar-refractivity contribution in [1.29, 1.82) is 0 Å². The first-order valence-electron chi connectivity index (χ1n) is 15.0. The minimum atomic E-state index is -0.726. The predicted octanol–water partition coefficient (Wildman–Crippen LogP) is 10.5. The van der Waals surface area contributed by atoms with Gasteiger partial charge in [-0.15, -0.1) is 0 Å². The maximum atomic E-state index is 14.6. The van der Waals surface area contributed by atoms with Gasteiger partial charge in [-0.3, -0.25) is 0 Å². The average Bonchev–Trinajstić information content (AvgIpc) is 2.96. The Morgan fingerprint density at radius 3 is 2.00 bits per heavy atom. The van der Waals surface area contributed by atoms with Crippen molar-refractivity contribution in [3.63, 3.8) is 0 Å². The van der Waals surface area contributed by atoms with Gasteiger partial charge in [-0.25, -0.2) is 17.6 Å². The highest BCUT2D eigenvalue weighted by molar-refractivity contribution is 5.67. The van der Waals surface area contributed by atoms with Crippen molar-refractivity contribution >= 4 is 5.57 Å². The van der Waals surface area contributed by atoms with E-state index in [-0.39, 0.29) is 5.92 Å². The van der Waals surface area contributed by atoms with E-state index in [1.165, 1.54) is 44.6 Å². The first kappa shape index (κ1) is 27.5. The summed E-state index contributed by atoms with van der Waals surface area (Å²) in [7, 11) is 0. The highest BCUT2D eigenvalue weighted by atomic mass is 19.2. The van der Waals surface area contributed by atoms with Crippen LogP contribution in [-0.4, -0.2) is 0 Å². The van der Waals surface area contributed by atoms with E-state index in [0.29, 0.717) is 29.0 Å². The molecular formula is C34H42F4. The van der Waals surface area contributed by atoms with Crippen LogP contribution in [-0.2, 0) is 6.42 Å². The number of halogens is 4. The molecule has 2 aromatic rings. The lowest BCUT2D eigenvalue weighted by Gasteiger charge is -2.36. The molecule has 0 bridgehead atoms. The van der Waals surface area contributed by atoms with Crippen LogP contribution < -0.4 is 0 Å². The van der Waals surface area contributed by atoms with E-state index in [1.807, 2.05) is 6.92 Å². The Kier molecular flexibility index (Phi) is 8.95. The van der Waals surface area contributed by atoms with Crippen LogP contribution in [0.25, 0.3) is 5.57 Å². The summed E-state index contributed by atoms with van der Waals surface area (Å²) < 4.78 is 56.7. The van der Waals surface area contributed by atoms with Crippen LogP contribution in [0.2, 0.25) is 0 Å². The predicted molar refractivity (Wildman–Crippen MR) is 147 cm³/mol. The fourth-order valence-corrected chi connectivity index (χ4v) is 7.66. The van der Waals surface area contributed by atoms with Crippen molar-refractivity contribution in [1.82, 2.24) is 0 Å². The molecule has 0 heterocycles. The van der Waals surface area contributed by atoms with E-state index in [9.17, 15) is 17.6 Å². The van der Waals surface area contributed by atoms with Crippen LogP contribution in [0.3, 0.4) is 0 Å². The molecule has 0 saturated heterocycles. The summed E-state index contributed by atoms with van der Waals surface area (Å²) in [4.78, 5) is 0. The maximum absolute atomic E-state index is 14.6. The normalized spacial score (nSPS) is 28.2. The quantitative estimate of drug-likeness (QED) is 0.315. The van der Waals surface area contributed by atoms with Gasteiger partial charge in [-0.1, -0.05) is 62.9 Å². The third-order valence-corrected chi connectivity index (χ3v) is 10.1. The van der Waals surface area contributed by atoms with Crippen molar-refractivity contribution in [2.45, 2.75) is 103 Å². The molecule has 0 amide bonds. The van der Waals surface area contributed by atoms with Crippen LogP contribution in [0.1, 0.15) is 113 Å². The van der Waals surface area contributed by atoms with Gasteiger partial charge in [0, 0.05) is 5.56 Å². The molecule has 0 aromatic heterocycles. The molecule has 1 unspecified atom stereocenters. The zero-order valence-corrected chi connectivity index (χ0v) is 22.8. The summed E-state index contributed by atoms with van der Waals surface area (Å²) in [5.74, 6) is 0.385. The molecular weight excluding hydrogens is 484 g/mol. The van der Waals surface area contributed by atoms with Crippen LogP contribution >= 0.6 is 0 Å². The van der Waals surface area contributed by atoms with E-state index in [1.54, 1.807) is 24.3 Å². The number of hydrogen-bond donors (Lipinski definition) is 0. The van der Waals surface area contributed by atoms with Crippen LogP contribution in [0.4, 0.5) is 17.6 Å². The SMILES string of the molecule is CCc1ccc(C2=CCC(C3CCC(CCC4CCC(c5cccc(F)c5F)CC4)CC3)CC2)c(F)c1F. The molecule has 0 nitrogen and oxygen atoms in total. The number of aryl methyl sites for hydroxylation is 1. The summed E-state index contributed by atoms with van der Waals surface area (Å²) >= 11 is 0. The molecule has 0 spiro atoms. The van der Waals surface area contributed by atoms with Gasteiger partial charge in [-0.05, 0) is 117 Å². The van der Waals surface area contributed by atoms with Gasteiger partial charge >= 0.3 is 0 Å². The first-order chi connectivity index (χ1) is 18.4. The number of benzene rings is 2. The molecule has 0 aliphatic heterocycles. The first-order valence-corrected chi connectivity index (χ1v) is 15.0. The van der Waals surface area contributed by atoms with Gasteiger partial charge in [0.2, 0.25) is 0 Å². The zero-order valence-electron chi connectivity index (χ0n) is 22.8. The standard InChI is InChI=1S/C34H42F4/c1-2-24-20-21-30(34(38)32(24)36)28-18-16-26(17-19-28)25-12-8-22(9-13-25)6-7-23-10-14-27(15-11-23)29-4-3-5-31(35)33(29)37/h3-5,18,20-23,25-27H,2,6-17,19H2,1H3. The molecule has 3 aliphatic rings. The molecule has 38 heavy (non-hydrogen) atoms. The molecule has 2 saturated carbocycles. The summed E-state index contributed by atoms with van der Waals surface area (Å²) in [6, 6.07) is 8.09. The Bertz CT molecular complexity index is 1120. The Hall–Kier alpha value is -2.10. The summed E-state index contributed by atoms with van der Waals surface area (Å²) in [5, 5.41) is 0. The van der Waals surface area contributed by atoms with E-state index in [4.69, 9.17) is 0 Å². The van der Waals surface area contributed by atoms with Crippen LogP contribution in [0, 0.1) is 46.9 Å². The van der Waals surface area contributed by atoms with Crippen molar-refractivity contribution < 1.29 is 17.6 Å². The maximum Gasteiger partial charge on any atom is 0.166 e. The molecule has 1 atom stereocenters. The van der Waals surface area contributed by atoms with E-state index >= 15 is 0 Å². The van der Waals surface area contributed by atoms with Crippen molar-refractivity contribution in [3.8, 4) is 0 Å². The molecule has 2 fully saturated rings. The third kappa shape index (κ3) is 6.05. The molecule has 5 rings (SSSR count). The molecule has 4 heteroatoms. The summed E-state index contributed by atoms with van der Waals surface area (Å²) in [6.07, 6.45) is 17.5. The highest BCUT2D eigenvalue weighted by Gasteiger charge is 2.31. The molecule has 0 N–H and O–H groups in total. The zero-order chi connectivity index (χ0) is 26.6. The lowest BCUT2D eigenvalue weighted by molar-refractivity contribution is 0.179. The van der Waals surface area contributed by atoms with Crippen molar-refractivity contribution in [3.05, 3.63) is 76.4 Å². The van der Waals surface area contributed by atoms with Gasteiger partial charge < -0.3 is 0 Å². The molecule has 2 aromatic carbocycles. The van der Waals surface area contributed by atoms with Gasteiger partial charge in [0.15, 0.2) is 23.3 Å². The number of hydrogen-bond acceptors (Lipinski definition) is 0. The molecule has 3 aliphatic carbocycles. The summed E-state index contributed by atoms with van der Waals surface area (Å²) in [6.45, 7) is 1.85. The van der Waals surface area contributed by atoms with E-state index in [0.717, 1.165) is 68.3 Å². The van der Waals surface area contributed by atoms with Crippen LogP contribution in [0.15, 0.2) is 36.4 Å². The lowest BCUT2D eigenvalue weighted by atomic mass is 9.69. The van der Waals surface area contributed by atoms with E-state index < -0.39 is 23.3 Å². The smallest absolute Gasteiger partial charge is 0.166 e. The average molecular weight is 527 g/mol. The van der Waals surface area contributed by atoms with Crippen LogP contribution in [0.5, 0.6) is 0 Å². The Morgan fingerprint density at radius 2 is 1.37 bits per heavy atom. The van der Waals surface area contributed by atoms with Gasteiger partial charge in [-0.2, -0.15) is 0 Å². The fraction of sp³-hybridized carbons (Fsp3) is 0.588. The highest BCUT2D eigenvalue weighted by Crippen LogP contribution is 2.44. The van der Waals surface area contributed by atoms with Gasteiger partial charge in [0.25, 0.3) is 0 Å². The third-order valence-electron chi connectivity index (χ3n) is 10.1. The minimum Gasteiger partial charge on any atom is -0.204 e. The van der Waals surface area contributed by atoms with Crippen molar-refractivity contribution in [2.24, 2.45) is 23.7 Å². The fourth-order valence-electron chi connectivity index (χ4n) is 7.66. The van der Waals surface area contributed by atoms with Gasteiger partial charge in [0.1, 0.15) is 0 Å².